The Morgan fingerprint density at radius 2 is 0.935 bits per heavy atom. The van der Waals surface area contributed by atoms with Crippen LogP contribution in [-0.4, -0.2) is 47.3 Å². The van der Waals surface area contributed by atoms with Crippen LogP contribution in [0.4, 0.5) is 34.1 Å². The summed E-state index contributed by atoms with van der Waals surface area (Å²) in [4.78, 5) is 78.1. The van der Waals surface area contributed by atoms with Crippen LogP contribution >= 0.6 is 46.4 Å². The van der Waals surface area contributed by atoms with Gasteiger partial charge in [-0.15, -0.1) is 0 Å². The van der Waals surface area contributed by atoms with Gasteiger partial charge in [0.15, 0.2) is 11.6 Å². The number of nitrogens with one attached hydrogen (secondary N) is 4. The van der Waals surface area contributed by atoms with Gasteiger partial charge >= 0.3 is 0 Å². The first kappa shape index (κ1) is 46.7. The van der Waals surface area contributed by atoms with Crippen molar-refractivity contribution in [1.82, 2.24) is 0 Å². The molecule has 2 atom stereocenters. The van der Waals surface area contributed by atoms with Gasteiger partial charge in [-0.05, 0) is 137 Å². The number of carbonyl (C=O) groups excluding carboxylic acids is 6. The van der Waals surface area contributed by atoms with Crippen LogP contribution < -0.4 is 21.3 Å². The molecule has 5 aromatic carbocycles. The second-order valence-corrected chi connectivity index (χ2v) is 15.7. The van der Waals surface area contributed by atoms with Gasteiger partial charge in [0.05, 0.1) is 10.0 Å². The van der Waals surface area contributed by atoms with Gasteiger partial charge in [0.25, 0.3) is 23.6 Å². The summed E-state index contributed by atoms with van der Waals surface area (Å²) in [6.07, 6.45) is 0. The Hall–Kier alpha value is -6.32. The Balaban J connectivity index is 1.27. The first-order valence-corrected chi connectivity index (χ1v) is 20.1. The Kier molecular flexibility index (Phi) is 15.5. The van der Waals surface area contributed by atoms with Crippen LogP contribution in [0.15, 0.2) is 105 Å². The number of aryl methyl sites for hydroxylation is 3. The molecule has 62 heavy (non-hydrogen) atoms. The average Bonchev–Trinajstić information content (AvgIpc) is 3.21. The minimum Gasteiger partial charge on any atom is -0.324 e. The minimum atomic E-state index is -1.59. The molecule has 0 fully saturated rings. The molecule has 2 unspecified atom stereocenters. The molecule has 0 saturated carbocycles. The zero-order chi connectivity index (χ0) is 45.4. The maximum Gasteiger partial charge on any atom is 0.258 e. The van der Waals surface area contributed by atoms with Crippen LogP contribution in [0.5, 0.6) is 0 Å². The van der Waals surface area contributed by atoms with E-state index in [2.05, 4.69) is 41.7 Å². The number of amides is 4. The molecular weight excluding hydrogens is 878 g/mol. The van der Waals surface area contributed by atoms with Crippen molar-refractivity contribution >= 4 is 116 Å². The first-order valence-electron chi connectivity index (χ1n) is 18.6. The maximum atomic E-state index is 13.4. The molecule has 318 valence electrons. The van der Waals surface area contributed by atoms with Crippen molar-refractivity contribution in [1.29, 1.82) is 0 Å². The number of anilines is 4. The summed E-state index contributed by atoms with van der Waals surface area (Å²) in [5.41, 5.74) is 4.49. The number of Topliss-reactive ketones (excluding diaryl/α,β-unsaturated/α-hetero) is 2. The van der Waals surface area contributed by atoms with Crippen molar-refractivity contribution < 1.29 is 28.8 Å². The highest BCUT2D eigenvalue weighted by Gasteiger charge is 2.26. The third-order valence-electron chi connectivity index (χ3n) is 9.30. The van der Waals surface area contributed by atoms with E-state index >= 15 is 0 Å². The van der Waals surface area contributed by atoms with Crippen molar-refractivity contribution in [3.05, 3.63) is 138 Å². The molecule has 14 nitrogen and oxygen atoms in total. The number of azo groups is 2. The van der Waals surface area contributed by atoms with Crippen molar-refractivity contribution in [2.24, 2.45) is 20.5 Å². The number of hydrogen-bond donors (Lipinski definition) is 4. The monoisotopic (exact) mass is 914 g/mol. The Bertz CT molecular complexity index is 2570. The standard InChI is InChI=1S/C44H38Cl4N8O6/c1-21-10-13-29(45)20-36(21)50-42(60)28-12-15-32(48)38(19-28)54-56-40(26(6)58)44(62)52-35-17-22(2)34(16-23(35)3)51-43(61)39(25(5)57)55-53-37-18-27(11-14-31(37)47)41(59)49-33-9-7-8-30(46)24(33)4/h7-20,39-40H,1-6H3,(H,49,59)(H,50,60)(H,51,61)(H,52,62). The van der Waals surface area contributed by atoms with Crippen molar-refractivity contribution in [3.63, 3.8) is 0 Å². The van der Waals surface area contributed by atoms with Gasteiger partial charge in [-0.3, -0.25) is 28.8 Å². The molecular formula is C44H38Cl4N8O6. The molecule has 5 aromatic rings. The highest BCUT2D eigenvalue weighted by molar-refractivity contribution is 6.34. The molecule has 0 aliphatic heterocycles. The largest absolute Gasteiger partial charge is 0.324 e. The van der Waals surface area contributed by atoms with E-state index in [4.69, 9.17) is 46.4 Å². The second kappa shape index (κ2) is 20.5. The van der Waals surface area contributed by atoms with E-state index in [0.717, 1.165) is 5.56 Å². The highest BCUT2D eigenvalue weighted by atomic mass is 35.5. The molecule has 0 aliphatic carbocycles. The van der Waals surface area contributed by atoms with Crippen LogP contribution in [0.1, 0.15) is 56.8 Å². The molecule has 0 bridgehead atoms. The molecule has 0 saturated heterocycles. The van der Waals surface area contributed by atoms with E-state index in [0.29, 0.717) is 49.5 Å². The maximum absolute atomic E-state index is 13.4. The molecule has 0 heterocycles. The smallest absolute Gasteiger partial charge is 0.258 e. The lowest BCUT2D eigenvalue weighted by Crippen LogP contribution is -2.32. The molecule has 0 aliphatic rings. The van der Waals surface area contributed by atoms with Gasteiger partial charge in [-0.25, -0.2) is 0 Å². The lowest BCUT2D eigenvalue weighted by molar-refractivity contribution is -0.127. The molecule has 0 aromatic heterocycles. The summed E-state index contributed by atoms with van der Waals surface area (Å²) in [7, 11) is 0. The fourth-order valence-electron chi connectivity index (χ4n) is 5.69. The van der Waals surface area contributed by atoms with Gasteiger partial charge in [-0.1, -0.05) is 58.5 Å². The summed E-state index contributed by atoms with van der Waals surface area (Å²) < 4.78 is 0. The molecule has 4 amide bonds. The normalized spacial score (nSPS) is 12.2. The Morgan fingerprint density at radius 3 is 1.40 bits per heavy atom. The molecule has 0 spiro atoms. The third-order valence-corrected chi connectivity index (χ3v) is 10.6. The van der Waals surface area contributed by atoms with Crippen LogP contribution in [0.25, 0.3) is 0 Å². The topological polar surface area (TPSA) is 200 Å². The van der Waals surface area contributed by atoms with Gasteiger partial charge < -0.3 is 21.3 Å². The summed E-state index contributed by atoms with van der Waals surface area (Å²) >= 11 is 24.9. The van der Waals surface area contributed by atoms with Crippen LogP contribution in [0, 0.1) is 27.7 Å². The van der Waals surface area contributed by atoms with Gasteiger partial charge in [0.1, 0.15) is 11.4 Å². The number of carbonyl (C=O) groups is 6. The molecule has 5 rings (SSSR count). The molecule has 0 radical (unpaired) electrons. The van der Waals surface area contributed by atoms with E-state index in [9.17, 15) is 28.8 Å². The van der Waals surface area contributed by atoms with E-state index in [-0.39, 0.29) is 32.5 Å². The van der Waals surface area contributed by atoms with E-state index in [1.807, 2.05) is 6.92 Å². The lowest BCUT2D eigenvalue weighted by Gasteiger charge is -2.16. The van der Waals surface area contributed by atoms with Crippen LogP contribution in [0.2, 0.25) is 20.1 Å². The molecule has 4 N–H and O–H groups in total. The zero-order valence-corrected chi connectivity index (χ0v) is 37.0. The quantitative estimate of drug-likeness (QED) is 0.0630. The fraction of sp³-hybridized carbons (Fsp3) is 0.182. The van der Waals surface area contributed by atoms with E-state index in [1.54, 1.807) is 69.3 Å². The first-order chi connectivity index (χ1) is 29.3. The van der Waals surface area contributed by atoms with E-state index < -0.39 is 47.3 Å². The summed E-state index contributed by atoms with van der Waals surface area (Å²) in [5.74, 6) is -3.82. The van der Waals surface area contributed by atoms with Crippen LogP contribution in [-0.2, 0) is 19.2 Å². The lowest BCUT2D eigenvalue weighted by atomic mass is 10.1. The third kappa shape index (κ3) is 11.7. The summed E-state index contributed by atoms with van der Waals surface area (Å²) in [5, 5.41) is 28.1. The summed E-state index contributed by atoms with van der Waals surface area (Å²) in [6, 6.07) is 18.7. The predicted molar refractivity (Wildman–Crippen MR) is 242 cm³/mol. The number of benzene rings is 5. The van der Waals surface area contributed by atoms with Crippen LogP contribution in [0.3, 0.4) is 0 Å². The SMILES string of the molecule is CC(=O)C(N=Nc1cc(C(=O)Nc2cc(Cl)ccc2C)ccc1Cl)C(=O)Nc1cc(C)c(NC(=O)C(N=Nc2cc(C(=O)Nc3cccc(Cl)c3C)ccc2Cl)C(C)=O)cc1C. The number of halogens is 4. The number of hydrogen-bond acceptors (Lipinski definition) is 10. The Labute approximate surface area is 376 Å². The predicted octanol–water partition coefficient (Wildman–Crippen LogP) is 11.4. The number of nitrogens with zero attached hydrogens (tertiary/aromatic N) is 4. The van der Waals surface area contributed by atoms with E-state index in [1.165, 1.54) is 50.2 Å². The highest BCUT2D eigenvalue weighted by Crippen LogP contribution is 2.31. The Morgan fingerprint density at radius 1 is 0.484 bits per heavy atom. The molecule has 18 heteroatoms. The fourth-order valence-corrected chi connectivity index (χ4v) is 6.34. The van der Waals surface area contributed by atoms with Crippen molar-refractivity contribution in [3.8, 4) is 0 Å². The number of ketones is 2. The summed E-state index contributed by atoms with van der Waals surface area (Å²) in [6.45, 7) is 9.22. The number of rotatable bonds is 14. The van der Waals surface area contributed by atoms with Gasteiger partial charge in [0, 0.05) is 43.9 Å². The minimum absolute atomic E-state index is 0.0423. The zero-order valence-electron chi connectivity index (χ0n) is 34.0. The second-order valence-electron chi connectivity index (χ2n) is 14.0. The van der Waals surface area contributed by atoms with Crippen molar-refractivity contribution in [2.45, 2.75) is 53.6 Å². The van der Waals surface area contributed by atoms with Gasteiger partial charge in [-0.2, -0.15) is 20.5 Å². The van der Waals surface area contributed by atoms with Crippen molar-refractivity contribution in [2.75, 3.05) is 21.3 Å². The average molecular weight is 917 g/mol. The van der Waals surface area contributed by atoms with Gasteiger partial charge in [0.2, 0.25) is 12.1 Å².